The summed E-state index contributed by atoms with van der Waals surface area (Å²) in [6.07, 6.45) is 0. The minimum atomic E-state index is 0.630. The first kappa shape index (κ1) is 11.6. The molecule has 0 aliphatic heterocycles. The summed E-state index contributed by atoms with van der Waals surface area (Å²) < 4.78 is 0.942. The lowest BCUT2D eigenvalue weighted by atomic mass is 10.2. The number of fused-ring (bicyclic) bond motifs is 1. The van der Waals surface area contributed by atoms with E-state index in [-0.39, 0.29) is 0 Å². The van der Waals surface area contributed by atoms with Gasteiger partial charge in [0.1, 0.15) is 11.3 Å². The molecule has 0 saturated carbocycles. The van der Waals surface area contributed by atoms with Crippen molar-refractivity contribution in [3.63, 3.8) is 0 Å². The number of benzene rings is 2. The fraction of sp³-hybridized carbons (Fsp3) is 0. The number of nitrogens with one attached hydrogen (secondary N) is 1. The first-order valence-electron chi connectivity index (χ1n) is 5.35. The van der Waals surface area contributed by atoms with E-state index >= 15 is 0 Å². The maximum atomic E-state index is 6.10. The number of H-pyrrole nitrogens is 1. The highest BCUT2D eigenvalue weighted by Gasteiger charge is 2.10. The molecule has 0 bridgehead atoms. The summed E-state index contributed by atoms with van der Waals surface area (Å²) in [6, 6.07) is 11.3. The van der Waals surface area contributed by atoms with Gasteiger partial charge in [-0.05, 0) is 30.3 Å². The number of imidazole rings is 1. The van der Waals surface area contributed by atoms with E-state index in [4.69, 9.17) is 17.3 Å². The summed E-state index contributed by atoms with van der Waals surface area (Å²) in [7, 11) is 0. The summed E-state index contributed by atoms with van der Waals surface area (Å²) in [4.78, 5) is 7.71. The molecule has 0 radical (unpaired) electrons. The standard InChI is InChI=1S/C13H9BrClN3/c14-7-4-5-8(10(16)6-7)13-17-11-3-1-2-9(15)12(11)18-13/h1-6H,16H2,(H,17,18). The van der Waals surface area contributed by atoms with E-state index in [1.54, 1.807) is 0 Å². The molecule has 0 atom stereocenters. The second-order valence-electron chi connectivity index (χ2n) is 3.95. The van der Waals surface area contributed by atoms with Crippen LogP contribution in [0.25, 0.3) is 22.4 Å². The zero-order valence-corrected chi connectivity index (χ0v) is 11.6. The number of aromatic amines is 1. The van der Waals surface area contributed by atoms with Crippen LogP contribution in [0, 0.1) is 0 Å². The lowest BCUT2D eigenvalue weighted by Crippen LogP contribution is -1.91. The Morgan fingerprint density at radius 1 is 1.22 bits per heavy atom. The van der Waals surface area contributed by atoms with Crippen molar-refractivity contribution in [3.8, 4) is 11.4 Å². The van der Waals surface area contributed by atoms with E-state index in [1.807, 2.05) is 36.4 Å². The van der Waals surface area contributed by atoms with Crippen molar-refractivity contribution in [3.05, 3.63) is 45.9 Å². The predicted octanol–water partition coefficient (Wildman–Crippen LogP) is 4.23. The number of nitrogen functional groups attached to an aromatic ring is 1. The average molecular weight is 323 g/mol. The van der Waals surface area contributed by atoms with E-state index in [0.29, 0.717) is 10.7 Å². The molecule has 0 saturated heterocycles. The molecule has 3 N–H and O–H groups in total. The number of hydrogen-bond donors (Lipinski definition) is 2. The van der Waals surface area contributed by atoms with Crippen LogP contribution in [0.3, 0.4) is 0 Å². The Kier molecular flexibility index (Phi) is 2.76. The smallest absolute Gasteiger partial charge is 0.140 e. The van der Waals surface area contributed by atoms with Gasteiger partial charge in [0.05, 0.1) is 10.5 Å². The van der Waals surface area contributed by atoms with Crippen LogP contribution in [0.5, 0.6) is 0 Å². The first-order chi connectivity index (χ1) is 8.65. The predicted molar refractivity (Wildman–Crippen MR) is 78.7 cm³/mol. The van der Waals surface area contributed by atoms with Crippen LogP contribution >= 0.6 is 27.5 Å². The topological polar surface area (TPSA) is 54.7 Å². The summed E-state index contributed by atoms with van der Waals surface area (Å²) >= 11 is 9.48. The number of nitrogens with two attached hydrogens (primary N) is 1. The monoisotopic (exact) mass is 321 g/mol. The van der Waals surface area contributed by atoms with Gasteiger partial charge in [-0.25, -0.2) is 4.98 Å². The molecule has 0 aliphatic carbocycles. The van der Waals surface area contributed by atoms with Crippen molar-refractivity contribution >= 4 is 44.3 Å². The van der Waals surface area contributed by atoms with Crippen molar-refractivity contribution in [2.24, 2.45) is 0 Å². The van der Waals surface area contributed by atoms with Gasteiger partial charge in [-0.3, -0.25) is 0 Å². The van der Waals surface area contributed by atoms with E-state index < -0.39 is 0 Å². The summed E-state index contributed by atoms with van der Waals surface area (Å²) in [5.74, 6) is 0.725. The molecule has 3 rings (SSSR count). The number of nitrogens with zero attached hydrogens (tertiary/aromatic N) is 1. The van der Waals surface area contributed by atoms with Gasteiger partial charge in [0.25, 0.3) is 0 Å². The molecule has 3 aromatic rings. The van der Waals surface area contributed by atoms with Gasteiger partial charge < -0.3 is 10.7 Å². The summed E-state index contributed by atoms with van der Waals surface area (Å²) in [6.45, 7) is 0. The molecule has 5 heteroatoms. The quantitative estimate of drug-likeness (QED) is 0.659. The number of aromatic nitrogens is 2. The molecule has 1 heterocycles. The fourth-order valence-corrected chi connectivity index (χ4v) is 2.47. The molecule has 0 spiro atoms. The molecule has 90 valence electrons. The highest BCUT2D eigenvalue weighted by Crippen LogP contribution is 2.30. The first-order valence-corrected chi connectivity index (χ1v) is 6.52. The van der Waals surface area contributed by atoms with Crippen LogP contribution in [0.2, 0.25) is 5.02 Å². The third kappa shape index (κ3) is 1.87. The van der Waals surface area contributed by atoms with Crippen LogP contribution in [-0.4, -0.2) is 9.97 Å². The number of para-hydroxylation sites is 1. The third-order valence-corrected chi connectivity index (χ3v) is 3.53. The zero-order valence-electron chi connectivity index (χ0n) is 9.24. The second-order valence-corrected chi connectivity index (χ2v) is 5.28. The van der Waals surface area contributed by atoms with Crippen molar-refractivity contribution in [2.75, 3.05) is 5.73 Å². The molecule has 1 aromatic heterocycles. The molecule has 0 amide bonds. The SMILES string of the molecule is Nc1cc(Br)ccc1-c1nc2c(Cl)cccc2[nH]1. The number of halogens is 2. The maximum Gasteiger partial charge on any atom is 0.140 e. The maximum absolute atomic E-state index is 6.10. The van der Waals surface area contributed by atoms with Gasteiger partial charge >= 0.3 is 0 Å². The Morgan fingerprint density at radius 2 is 2.06 bits per heavy atom. The largest absolute Gasteiger partial charge is 0.398 e. The molecule has 0 unspecified atom stereocenters. The average Bonchev–Trinajstić information content (AvgIpc) is 2.74. The minimum Gasteiger partial charge on any atom is -0.398 e. The molecule has 18 heavy (non-hydrogen) atoms. The molecule has 3 nitrogen and oxygen atoms in total. The molecule has 2 aromatic carbocycles. The van der Waals surface area contributed by atoms with Crippen LogP contribution in [0.15, 0.2) is 40.9 Å². The lowest BCUT2D eigenvalue weighted by molar-refractivity contribution is 1.34. The van der Waals surface area contributed by atoms with Crippen LogP contribution in [-0.2, 0) is 0 Å². The highest BCUT2D eigenvalue weighted by molar-refractivity contribution is 9.10. The number of rotatable bonds is 1. The zero-order chi connectivity index (χ0) is 12.7. The highest BCUT2D eigenvalue weighted by atomic mass is 79.9. The molecular formula is C13H9BrClN3. The number of anilines is 1. The molecule has 0 aliphatic rings. The molecular weight excluding hydrogens is 314 g/mol. The van der Waals surface area contributed by atoms with Crippen LogP contribution < -0.4 is 5.73 Å². The van der Waals surface area contributed by atoms with E-state index in [9.17, 15) is 0 Å². The van der Waals surface area contributed by atoms with Crippen molar-refractivity contribution in [1.82, 2.24) is 9.97 Å². The lowest BCUT2D eigenvalue weighted by Gasteiger charge is -2.02. The Labute approximate surface area is 117 Å². The van der Waals surface area contributed by atoms with E-state index in [2.05, 4.69) is 25.9 Å². The van der Waals surface area contributed by atoms with Crippen molar-refractivity contribution in [1.29, 1.82) is 0 Å². The second kappa shape index (κ2) is 4.30. The Morgan fingerprint density at radius 3 is 2.78 bits per heavy atom. The summed E-state index contributed by atoms with van der Waals surface area (Å²) in [5, 5.41) is 0.630. The van der Waals surface area contributed by atoms with E-state index in [0.717, 1.165) is 26.9 Å². The Balaban J connectivity index is 2.23. The Hall–Kier alpha value is -1.52. The summed E-state index contributed by atoms with van der Waals surface area (Å²) in [5.41, 5.74) is 9.19. The van der Waals surface area contributed by atoms with Gasteiger partial charge in [-0.2, -0.15) is 0 Å². The third-order valence-electron chi connectivity index (χ3n) is 2.73. The van der Waals surface area contributed by atoms with Gasteiger partial charge in [-0.1, -0.05) is 33.6 Å². The van der Waals surface area contributed by atoms with Crippen LogP contribution in [0.4, 0.5) is 5.69 Å². The van der Waals surface area contributed by atoms with Crippen molar-refractivity contribution < 1.29 is 0 Å². The normalized spacial score (nSPS) is 11.0. The van der Waals surface area contributed by atoms with Gasteiger partial charge in [0.2, 0.25) is 0 Å². The van der Waals surface area contributed by atoms with Gasteiger partial charge in [0, 0.05) is 15.7 Å². The fourth-order valence-electron chi connectivity index (χ4n) is 1.87. The van der Waals surface area contributed by atoms with Crippen LogP contribution in [0.1, 0.15) is 0 Å². The number of hydrogen-bond acceptors (Lipinski definition) is 2. The molecule has 0 fully saturated rings. The van der Waals surface area contributed by atoms with Gasteiger partial charge in [0.15, 0.2) is 0 Å². The van der Waals surface area contributed by atoms with E-state index in [1.165, 1.54) is 0 Å². The van der Waals surface area contributed by atoms with Crippen molar-refractivity contribution in [2.45, 2.75) is 0 Å². The minimum absolute atomic E-state index is 0.630. The Bertz CT molecular complexity index is 736. The van der Waals surface area contributed by atoms with Gasteiger partial charge in [-0.15, -0.1) is 0 Å².